The van der Waals surface area contributed by atoms with Crippen molar-refractivity contribution >= 4 is 28.7 Å². The average Bonchev–Trinajstić information content (AvgIpc) is 3.47. The Balaban J connectivity index is 1.20. The van der Waals surface area contributed by atoms with Crippen LogP contribution < -0.4 is 5.32 Å². The number of amides is 2. The molecule has 1 aromatic heterocycles. The maximum absolute atomic E-state index is 12.9. The van der Waals surface area contributed by atoms with Crippen LogP contribution >= 0.6 is 11.8 Å². The summed E-state index contributed by atoms with van der Waals surface area (Å²) < 4.78 is 4.51. The van der Waals surface area contributed by atoms with Crippen LogP contribution in [0.4, 0.5) is 0 Å². The summed E-state index contributed by atoms with van der Waals surface area (Å²) in [5.74, 6) is 1.06. The van der Waals surface area contributed by atoms with Crippen LogP contribution in [0.15, 0.2) is 28.0 Å². The lowest BCUT2D eigenvalue weighted by Crippen LogP contribution is -2.47. The molecule has 5 rings (SSSR count). The van der Waals surface area contributed by atoms with Gasteiger partial charge in [0, 0.05) is 19.1 Å². The van der Waals surface area contributed by atoms with Gasteiger partial charge in [0.05, 0.1) is 11.8 Å². The Bertz CT molecular complexity index is 845. The summed E-state index contributed by atoms with van der Waals surface area (Å²) >= 11 is 1.62. The third kappa shape index (κ3) is 3.22. The van der Waals surface area contributed by atoms with Gasteiger partial charge in [0.1, 0.15) is 11.0 Å². The lowest BCUT2D eigenvalue weighted by atomic mass is 9.82. The van der Waals surface area contributed by atoms with Crippen LogP contribution in [-0.2, 0) is 4.79 Å². The topological polar surface area (TPSA) is 74.9 Å². The molecule has 0 radical (unpaired) electrons. The maximum Gasteiger partial charge on any atom is 0.264 e. The number of piperidine rings is 1. The van der Waals surface area contributed by atoms with E-state index in [2.05, 4.69) is 17.2 Å². The molecule has 3 fully saturated rings. The predicted molar refractivity (Wildman–Crippen MR) is 113 cm³/mol. The number of rotatable bonds is 3. The number of carbonyl (C=O) groups excluding carboxylic acids is 2. The van der Waals surface area contributed by atoms with Gasteiger partial charge in [-0.15, -0.1) is 0 Å². The molecule has 6 nitrogen and oxygen atoms in total. The lowest BCUT2D eigenvalue weighted by molar-refractivity contribution is -0.121. The summed E-state index contributed by atoms with van der Waals surface area (Å²) in [6.07, 6.45) is 9.80. The van der Waals surface area contributed by atoms with Gasteiger partial charge in [0.25, 0.3) is 11.8 Å². The van der Waals surface area contributed by atoms with E-state index in [-0.39, 0.29) is 17.7 Å². The largest absolute Gasteiger partial charge is 0.472 e. The van der Waals surface area contributed by atoms with Crippen molar-refractivity contribution in [3.05, 3.63) is 24.2 Å². The molecule has 1 unspecified atom stereocenters. The fourth-order valence-electron chi connectivity index (χ4n) is 5.91. The first-order valence-corrected chi connectivity index (χ1v) is 11.6. The summed E-state index contributed by atoms with van der Waals surface area (Å²) in [6.45, 7) is 5.76. The third-order valence-electron chi connectivity index (χ3n) is 7.85. The molecule has 2 bridgehead atoms. The molecule has 2 saturated carbocycles. The highest BCUT2D eigenvalue weighted by molar-refractivity contribution is 8.16. The van der Waals surface area contributed by atoms with Crippen LogP contribution in [0, 0.1) is 17.3 Å². The number of hydrogen-bond donors (Lipinski definition) is 1. The minimum atomic E-state index is -0.522. The Hall–Kier alpha value is -1.76. The second-order valence-corrected chi connectivity index (χ2v) is 11.1. The van der Waals surface area contributed by atoms with Crippen molar-refractivity contribution in [1.82, 2.24) is 10.2 Å². The van der Waals surface area contributed by atoms with E-state index in [9.17, 15) is 9.59 Å². The van der Waals surface area contributed by atoms with E-state index in [1.807, 2.05) is 11.8 Å². The molecule has 2 aliphatic carbocycles. The normalized spacial score (nSPS) is 37.2. The highest BCUT2D eigenvalue weighted by atomic mass is 32.2. The lowest BCUT2D eigenvalue weighted by Gasteiger charge is -2.38. The first kappa shape index (κ1) is 19.2. The zero-order chi connectivity index (χ0) is 20.2. The van der Waals surface area contributed by atoms with Crippen LogP contribution in [0.3, 0.4) is 0 Å². The Morgan fingerprint density at radius 1 is 1.31 bits per heavy atom. The van der Waals surface area contributed by atoms with Crippen LogP contribution in [0.25, 0.3) is 0 Å². The maximum atomic E-state index is 12.9. The van der Waals surface area contributed by atoms with Gasteiger partial charge in [-0.2, -0.15) is 4.99 Å². The second kappa shape index (κ2) is 6.89. The minimum absolute atomic E-state index is 0.0101. The van der Waals surface area contributed by atoms with Crippen molar-refractivity contribution in [2.45, 2.75) is 63.2 Å². The van der Waals surface area contributed by atoms with Gasteiger partial charge in [0.2, 0.25) is 0 Å². The van der Waals surface area contributed by atoms with Gasteiger partial charge >= 0.3 is 0 Å². The number of nitrogens with one attached hydrogen (secondary N) is 1. The molecule has 156 valence electrons. The zero-order valence-corrected chi connectivity index (χ0v) is 18.0. The van der Waals surface area contributed by atoms with E-state index < -0.39 is 4.75 Å². The molecule has 1 saturated heterocycles. The molecule has 0 spiro atoms. The first-order valence-electron chi connectivity index (χ1n) is 10.8. The minimum Gasteiger partial charge on any atom is -0.472 e. The zero-order valence-electron chi connectivity index (χ0n) is 17.1. The van der Waals surface area contributed by atoms with Gasteiger partial charge in [-0.05, 0) is 68.8 Å². The number of fused-ring (bicyclic) bond motifs is 2. The van der Waals surface area contributed by atoms with Crippen molar-refractivity contribution < 1.29 is 14.0 Å². The number of furan rings is 1. The molecule has 29 heavy (non-hydrogen) atoms. The van der Waals surface area contributed by atoms with E-state index in [1.54, 1.807) is 17.8 Å². The summed E-state index contributed by atoms with van der Waals surface area (Å²) in [5.41, 5.74) is 0.948. The fourth-order valence-corrected chi connectivity index (χ4v) is 7.17. The summed E-state index contributed by atoms with van der Waals surface area (Å²) in [7, 11) is 0. The van der Waals surface area contributed by atoms with E-state index in [0.29, 0.717) is 30.1 Å². The molecule has 0 aromatic carbocycles. The van der Waals surface area contributed by atoms with Crippen molar-refractivity contribution in [2.24, 2.45) is 22.2 Å². The first-order chi connectivity index (χ1) is 13.9. The van der Waals surface area contributed by atoms with Gasteiger partial charge in [-0.1, -0.05) is 18.7 Å². The number of aliphatic imine (C=N–C) groups is 1. The van der Waals surface area contributed by atoms with E-state index in [1.165, 1.54) is 38.2 Å². The molecule has 1 N–H and O–H groups in total. The number of likely N-dealkylation sites (tertiary alicyclic amines) is 1. The Morgan fingerprint density at radius 2 is 2.10 bits per heavy atom. The summed E-state index contributed by atoms with van der Waals surface area (Å²) in [6, 6.07) is 2.14. The molecule has 2 amide bonds. The van der Waals surface area contributed by atoms with Crippen molar-refractivity contribution in [1.29, 1.82) is 0 Å². The number of nitrogens with zero attached hydrogens (tertiary/aromatic N) is 2. The van der Waals surface area contributed by atoms with Crippen LogP contribution in [0.5, 0.6) is 0 Å². The summed E-state index contributed by atoms with van der Waals surface area (Å²) in [4.78, 5) is 31.7. The van der Waals surface area contributed by atoms with Crippen LogP contribution in [-0.4, -0.2) is 45.8 Å². The van der Waals surface area contributed by atoms with Crippen molar-refractivity contribution in [3.8, 4) is 0 Å². The van der Waals surface area contributed by atoms with E-state index >= 15 is 0 Å². The molecule has 2 aliphatic heterocycles. The quantitative estimate of drug-likeness (QED) is 0.815. The molecule has 7 heteroatoms. The SMILES string of the molecule is CC1(C2CCN(C(=O)c3ccoc3)CC2)SC(N[C@H]2C[C@@H]3CC[C@@]2(C)C3)=NC1=O. The van der Waals surface area contributed by atoms with E-state index in [4.69, 9.17) is 4.42 Å². The number of amidine groups is 1. The van der Waals surface area contributed by atoms with Gasteiger partial charge < -0.3 is 14.6 Å². The van der Waals surface area contributed by atoms with Crippen LogP contribution in [0.2, 0.25) is 0 Å². The van der Waals surface area contributed by atoms with Gasteiger partial charge in [-0.25, -0.2) is 0 Å². The van der Waals surface area contributed by atoms with Crippen molar-refractivity contribution in [3.63, 3.8) is 0 Å². The van der Waals surface area contributed by atoms with Gasteiger partial charge in [-0.3, -0.25) is 9.59 Å². The Labute approximate surface area is 175 Å². The smallest absolute Gasteiger partial charge is 0.264 e. The van der Waals surface area contributed by atoms with Crippen molar-refractivity contribution in [2.75, 3.05) is 13.1 Å². The average molecular weight is 416 g/mol. The van der Waals surface area contributed by atoms with E-state index in [0.717, 1.165) is 23.9 Å². The standard InChI is InChI=1S/C22H29N3O3S/c1-21-7-3-14(12-21)11-17(21)23-20-24-19(27)22(2,29-20)16-4-8-25(9-5-16)18(26)15-6-10-28-13-15/h6,10,13-14,16-17H,3-5,7-9,11-12H2,1-2H3,(H,23,24,27)/t14-,17-,21-,22?/m0/s1. The number of carbonyl (C=O) groups is 2. The summed E-state index contributed by atoms with van der Waals surface area (Å²) in [5, 5.41) is 4.45. The molecule has 4 aliphatic rings. The molecule has 1 aromatic rings. The number of hydrogen-bond acceptors (Lipinski definition) is 5. The highest BCUT2D eigenvalue weighted by Crippen LogP contribution is 2.54. The second-order valence-electron chi connectivity index (χ2n) is 9.71. The Morgan fingerprint density at radius 3 is 2.72 bits per heavy atom. The Kier molecular flexibility index (Phi) is 4.57. The van der Waals surface area contributed by atoms with Crippen LogP contribution in [0.1, 0.15) is 62.7 Å². The highest BCUT2D eigenvalue weighted by Gasteiger charge is 2.52. The molecular weight excluding hydrogens is 386 g/mol. The number of thioether (sulfide) groups is 1. The molecule has 3 heterocycles. The van der Waals surface area contributed by atoms with Gasteiger partial charge in [0.15, 0.2) is 5.17 Å². The fraction of sp³-hybridized carbons (Fsp3) is 0.682. The monoisotopic (exact) mass is 415 g/mol. The molecular formula is C22H29N3O3S. The molecule has 4 atom stereocenters. The predicted octanol–water partition coefficient (Wildman–Crippen LogP) is 3.69. The third-order valence-corrected chi connectivity index (χ3v) is 9.19.